The van der Waals surface area contributed by atoms with Crippen LogP contribution < -0.4 is 10.6 Å². The van der Waals surface area contributed by atoms with Crippen molar-refractivity contribution in [1.29, 1.82) is 5.26 Å². The van der Waals surface area contributed by atoms with Crippen LogP contribution in [0.3, 0.4) is 0 Å². The fourth-order valence-corrected chi connectivity index (χ4v) is 3.57. The Bertz CT molecular complexity index is 602. The number of nitrogens with one attached hydrogen (secondary N) is 2. The van der Waals surface area contributed by atoms with Crippen molar-refractivity contribution >= 4 is 12.0 Å². The van der Waals surface area contributed by atoms with Gasteiger partial charge >= 0.3 is 0 Å². The fourth-order valence-electron chi connectivity index (χ4n) is 3.57. The van der Waals surface area contributed by atoms with Crippen molar-refractivity contribution in [3.8, 4) is 6.07 Å². The van der Waals surface area contributed by atoms with Gasteiger partial charge in [0.25, 0.3) is 0 Å². The first-order valence-corrected chi connectivity index (χ1v) is 7.87. The summed E-state index contributed by atoms with van der Waals surface area (Å²) in [6, 6.07) is 9.98. The van der Waals surface area contributed by atoms with E-state index in [9.17, 15) is 10.1 Å². The number of nitrogens with zero attached hydrogens (tertiary/aromatic N) is 1. The minimum atomic E-state index is -0.483. The second-order valence-electron chi connectivity index (χ2n) is 6.25. The highest BCUT2D eigenvalue weighted by Gasteiger charge is 2.42. The second-order valence-corrected chi connectivity index (χ2v) is 6.25. The zero-order valence-electron chi connectivity index (χ0n) is 12.6. The van der Waals surface area contributed by atoms with Gasteiger partial charge in [-0.25, -0.2) is 0 Å². The summed E-state index contributed by atoms with van der Waals surface area (Å²) >= 11 is 0. The van der Waals surface area contributed by atoms with Crippen LogP contribution in [0.25, 0.3) is 6.08 Å². The summed E-state index contributed by atoms with van der Waals surface area (Å²) in [6.45, 7) is 3.72. The maximum absolute atomic E-state index is 12.4. The van der Waals surface area contributed by atoms with E-state index in [0.29, 0.717) is 18.4 Å². The van der Waals surface area contributed by atoms with Crippen molar-refractivity contribution in [3.05, 3.63) is 42.0 Å². The average molecular weight is 295 g/mol. The van der Waals surface area contributed by atoms with Gasteiger partial charge in [0.05, 0.1) is 12.1 Å². The standard InChI is InChI=1S/C18H21N3O/c1-2-12-3-5-13(6-4-12)9-16(11-19)21-18(22)17-14-7-8-15(10-14)20-17/h2-6,14-17,20H,1,7-10H2,(H,21,22). The van der Waals surface area contributed by atoms with Gasteiger partial charge in [-0.1, -0.05) is 36.9 Å². The van der Waals surface area contributed by atoms with Crippen molar-refractivity contribution in [2.24, 2.45) is 5.92 Å². The summed E-state index contributed by atoms with van der Waals surface area (Å²) in [5, 5.41) is 15.6. The molecule has 1 aromatic rings. The number of hydrogen-bond acceptors (Lipinski definition) is 3. The van der Waals surface area contributed by atoms with Crippen LogP contribution in [0.15, 0.2) is 30.8 Å². The Morgan fingerprint density at radius 3 is 2.77 bits per heavy atom. The first kappa shape index (κ1) is 14.8. The molecule has 1 saturated carbocycles. The first-order valence-electron chi connectivity index (χ1n) is 7.87. The molecule has 0 spiro atoms. The average Bonchev–Trinajstić information content (AvgIpc) is 3.18. The van der Waals surface area contributed by atoms with Crippen LogP contribution in [0.2, 0.25) is 0 Å². The molecule has 2 bridgehead atoms. The molecule has 2 N–H and O–H groups in total. The lowest BCUT2D eigenvalue weighted by atomic mass is 9.98. The van der Waals surface area contributed by atoms with Crippen molar-refractivity contribution in [2.75, 3.05) is 0 Å². The molecule has 1 aromatic carbocycles. The SMILES string of the molecule is C=Cc1ccc(CC(C#N)NC(=O)C2NC3CCC2C3)cc1. The lowest BCUT2D eigenvalue weighted by Crippen LogP contribution is -2.50. The normalized spacial score (nSPS) is 27.1. The molecule has 114 valence electrons. The monoisotopic (exact) mass is 295 g/mol. The summed E-state index contributed by atoms with van der Waals surface area (Å²) in [7, 11) is 0. The fraction of sp³-hybridized carbons (Fsp3) is 0.444. The van der Waals surface area contributed by atoms with Crippen LogP contribution in [-0.4, -0.2) is 24.0 Å². The van der Waals surface area contributed by atoms with E-state index >= 15 is 0 Å². The van der Waals surface area contributed by atoms with Crippen LogP contribution in [0.1, 0.15) is 30.4 Å². The quantitative estimate of drug-likeness (QED) is 0.873. The number of hydrogen-bond donors (Lipinski definition) is 2. The number of amides is 1. The molecule has 1 aliphatic carbocycles. The van der Waals surface area contributed by atoms with Crippen LogP contribution in [0, 0.1) is 17.2 Å². The Morgan fingerprint density at radius 2 is 2.23 bits per heavy atom. The molecule has 4 unspecified atom stereocenters. The van der Waals surface area contributed by atoms with E-state index in [4.69, 9.17) is 0 Å². The molecule has 4 atom stereocenters. The number of carbonyl (C=O) groups is 1. The zero-order chi connectivity index (χ0) is 15.5. The lowest BCUT2D eigenvalue weighted by molar-refractivity contribution is -0.124. The number of fused-ring (bicyclic) bond motifs is 2. The molecule has 1 saturated heterocycles. The van der Waals surface area contributed by atoms with Gasteiger partial charge < -0.3 is 10.6 Å². The molecular weight excluding hydrogens is 274 g/mol. The molecule has 1 aliphatic heterocycles. The Balaban J connectivity index is 1.58. The molecule has 0 radical (unpaired) electrons. The van der Waals surface area contributed by atoms with Gasteiger partial charge in [0, 0.05) is 12.5 Å². The topological polar surface area (TPSA) is 64.9 Å². The lowest BCUT2D eigenvalue weighted by Gasteiger charge is -2.23. The van der Waals surface area contributed by atoms with Gasteiger partial charge in [-0.3, -0.25) is 4.79 Å². The first-order chi connectivity index (χ1) is 10.7. The van der Waals surface area contributed by atoms with Gasteiger partial charge in [0.2, 0.25) is 5.91 Å². The van der Waals surface area contributed by atoms with Crippen LogP contribution >= 0.6 is 0 Å². The molecule has 1 amide bonds. The highest BCUT2D eigenvalue weighted by molar-refractivity contribution is 5.83. The number of benzene rings is 1. The van der Waals surface area contributed by atoms with Gasteiger partial charge in [0.1, 0.15) is 6.04 Å². The third kappa shape index (κ3) is 3.05. The Labute approximate surface area is 131 Å². The molecule has 4 nitrogen and oxygen atoms in total. The van der Waals surface area contributed by atoms with Gasteiger partial charge in [-0.15, -0.1) is 0 Å². The molecule has 2 fully saturated rings. The molecular formula is C18H21N3O. The number of rotatable bonds is 5. The molecule has 22 heavy (non-hydrogen) atoms. The van der Waals surface area contributed by atoms with Crippen LogP contribution in [0.4, 0.5) is 0 Å². The predicted molar refractivity (Wildman–Crippen MR) is 85.8 cm³/mol. The van der Waals surface area contributed by atoms with E-state index in [1.165, 1.54) is 6.42 Å². The Morgan fingerprint density at radius 1 is 1.45 bits per heavy atom. The zero-order valence-corrected chi connectivity index (χ0v) is 12.6. The third-order valence-electron chi connectivity index (χ3n) is 4.77. The summed E-state index contributed by atoms with van der Waals surface area (Å²) in [4.78, 5) is 12.4. The van der Waals surface area contributed by atoms with E-state index in [2.05, 4.69) is 23.3 Å². The summed E-state index contributed by atoms with van der Waals surface area (Å²) in [5.74, 6) is 0.415. The smallest absolute Gasteiger partial charge is 0.238 e. The maximum atomic E-state index is 12.4. The number of nitriles is 1. The van der Waals surface area contributed by atoms with Crippen molar-refractivity contribution in [2.45, 2.75) is 43.8 Å². The maximum Gasteiger partial charge on any atom is 0.238 e. The van der Waals surface area contributed by atoms with Crippen LogP contribution in [0.5, 0.6) is 0 Å². The minimum absolute atomic E-state index is 0.0264. The minimum Gasteiger partial charge on any atom is -0.339 e. The summed E-state index contributed by atoms with van der Waals surface area (Å²) in [6.07, 6.45) is 5.70. The second kappa shape index (κ2) is 6.33. The van der Waals surface area contributed by atoms with E-state index < -0.39 is 6.04 Å². The molecule has 1 heterocycles. The molecule has 4 heteroatoms. The highest BCUT2D eigenvalue weighted by Crippen LogP contribution is 2.35. The van der Waals surface area contributed by atoms with E-state index in [0.717, 1.165) is 24.0 Å². The van der Waals surface area contributed by atoms with E-state index in [1.54, 1.807) is 6.08 Å². The molecule has 3 rings (SSSR count). The van der Waals surface area contributed by atoms with E-state index in [1.807, 2.05) is 24.3 Å². The van der Waals surface area contributed by atoms with Gasteiger partial charge in [-0.05, 0) is 36.3 Å². The molecule has 0 aromatic heterocycles. The van der Waals surface area contributed by atoms with E-state index in [-0.39, 0.29) is 11.9 Å². The van der Waals surface area contributed by atoms with Crippen LogP contribution in [-0.2, 0) is 11.2 Å². The van der Waals surface area contributed by atoms with Crippen molar-refractivity contribution < 1.29 is 4.79 Å². The van der Waals surface area contributed by atoms with Crippen molar-refractivity contribution in [3.63, 3.8) is 0 Å². The number of piperidine rings is 1. The Kier molecular flexibility index (Phi) is 4.26. The summed E-state index contributed by atoms with van der Waals surface area (Å²) < 4.78 is 0. The summed E-state index contributed by atoms with van der Waals surface area (Å²) in [5.41, 5.74) is 2.09. The highest BCUT2D eigenvalue weighted by atomic mass is 16.2. The van der Waals surface area contributed by atoms with Gasteiger partial charge in [-0.2, -0.15) is 5.26 Å². The van der Waals surface area contributed by atoms with Gasteiger partial charge in [0.15, 0.2) is 0 Å². The van der Waals surface area contributed by atoms with Crippen molar-refractivity contribution in [1.82, 2.24) is 10.6 Å². The molecule has 2 aliphatic rings. The number of carbonyl (C=O) groups excluding carboxylic acids is 1. The predicted octanol–water partition coefficient (Wildman–Crippen LogP) is 2.02. The third-order valence-corrected chi connectivity index (χ3v) is 4.77. The largest absolute Gasteiger partial charge is 0.339 e. The Hall–Kier alpha value is -2.12.